The zero-order valence-electron chi connectivity index (χ0n) is 6.97. The Bertz CT molecular complexity index is 432. The Labute approximate surface area is 84.5 Å². The van der Waals surface area contributed by atoms with E-state index in [0.717, 1.165) is 21.2 Å². The van der Waals surface area contributed by atoms with Crippen molar-refractivity contribution in [2.24, 2.45) is 0 Å². The van der Waals surface area contributed by atoms with E-state index < -0.39 is 0 Å². The molecule has 0 saturated carbocycles. The molecule has 0 aliphatic carbocycles. The Balaban J connectivity index is 2.52. The molecule has 0 aromatic carbocycles. The van der Waals surface area contributed by atoms with Crippen molar-refractivity contribution in [3.05, 3.63) is 22.0 Å². The third-order valence-corrected chi connectivity index (χ3v) is 3.47. The van der Waals surface area contributed by atoms with E-state index in [1.165, 1.54) is 0 Å². The van der Waals surface area contributed by atoms with Gasteiger partial charge in [-0.05, 0) is 17.9 Å². The largest absolute Gasteiger partial charge is 0.382 e. The lowest BCUT2D eigenvalue weighted by atomic mass is 10.3. The fourth-order valence-electron chi connectivity index (χ4n) is 1.07. The molecule has 5 heteroatoms. The van der Waals surface area contributed by atoms with Gasteiger partial charge in [-0.1, -0.05) is 11.6 Å². The number of H-pyrrole nitrogens is 1. The second-order valence-corrected chi connectivity index (χ2v) is 4.03. The lowest BCUT2D eigenvalue weighted by Gasteiger charge is -1.92. The first kappa shape index (κ1) is 8.59. The third-order valence-electron chi connectivity index (χ3n) is 1.74. The molecule has 0 amide bonds. The Hall–Kier alpha value is -1.00. The highest BCUT2D eigenvalue weighted by Crippen LogP contribution is 2.35. The first-order valence-corrected chi connectivity index (χ1v) is 4.99. The van der Waals surface area contributed by atoms with Crippen LogP contribution in [0.3, 0.4) is 0 Å². The van der Waals surface area contributed by atoms with Crippen LogP contribution in [0.4, 0.5) is 5.82 Å². The maximum absolute atomic E-state index is 6.07. The van der Waals surface area contributed by atoms with E-state index in [2.05, 4.69) is 10.2 Å². The summed E-state index contributed by atoms with van der Waals surface area (Å²) in [6, 6.07) is 1.77. The number of aryl methyl sites for hydroxylation is 1. The normalized spacial score (nSPS) is 10.6. The van der Waals surface area contributed by atoms with Gasteiger partial charge in [-0.15, -0.1) is 11.3 Å². The number of aromatic amines is 1. The minimum atomic E-state index is 0.483. The molecule has 2 aromatic heterocycles. The Morgan fingerprint density at radius 2 is 2.38 bits per heavy atom. The number of anilines is 1. The van der Waals surface area contributed by atoms with E-state index >= 15 is 0 Å². The molecule has 3 nitrogen and oxygen atoms in total. The van der Waals surface area contributed by atoms with Crippen LogP contribution in [0.25, 0.3) is 10.6 Å². The van der Waals surface area contributed by atoms with Crippen molar-refractivity contribution in [3.63, 3.8) is 0 Å². The van der Waals surface area contributed by atoms with Gasteiger partial charge in [-0.25, -0.2) is 0 Å². The SMILES string of the molecule is Cc1csc(-c2cc(N)n[nH]2)c1Cl. The summed E-state index contributed by atoms with van der Waals surface area (Å²) in [6.07, 6.45) is 0. The highest BCUT2D eigenvalue weighted by Gasteiger charge is 2.10. The van der Waals surface area contributed by atoms with Crippen LogP contribution >= 0.6 is 22.9 Å². The molecular formula is C8H8ClN3S. The first-order chi connectivity index (χ1) is 6.18. The van der Waals surface area contributed by atoms with Crippen molar-refractivity contribution >= 4 is 28.8 Å². The highest BCUT2D eigenvalue weighted by atomic mass is 35.5. The standard InChI is InChI=1S/C8H8ClN3S/c1-4-3-13-8(7(4)9)5-2-6(10)12-11-5/h2-3H,1H3,(H3,10,11,12). The van der Waals surface area contributed by atoms with Gasteiger partial charge in [0.25, 0.3) is 0 Å². The van der Waals surface area contributed by atoms with Crippen LogP contribution in [-0.4, -0.2) is 10.2 Å². The molecule has 0 fully saturated rings. The van der Waals surface area contributed by atoms with Crippen molar-refractivity contribution in [2.75, 3.05) is 5.73 Å². The van der Waals surface area contributed by atoms with Gasteiger partial charge in [0.05, 0.1) is 15.6 Å². The minimum Gasteiger partial charge on any atom is -0.382 e. The maximum atomic E-state index is 6.07. The summed E-state index contributed by atoms with van der Waals surface area (Å²) in [7, 11) is 0. The topological polar surface area (TPSA) is 54.7 Å². The fourth-order valence-corrected chi connectivity index (χ4v) is 2.33. The van der Waals surface area contributed by atoms with E-state index in [4.69, 9.17) is 17.3 Å². The number of nitrogen functional groups attached to an aromatic ring is 1. The van der Waals surface area contributed by atoms with Gasteiger partial charge in [0.2, 0.25) is 0 Å². The van der Waals surface area contributed by atoms with Gasteiger partial charge >= 0.3 is 0 Å². The third kappa shape index (κ3) is 1.43. The second-order valence-electron chi connectivity index (χ2n) is 2.77. The molecule has 2 aromatic rings. The number of thiophene rings is 1. The molecule has 68 valence electrons. The second kappa shape index (κ2) is 3.05. The maximum Gasteiger partial charge on any atom is 0.145 e. The molecule has 0 atom stereocenters. The van der Waals surface area contributed by atoms with Crippen molar-refractivity contribution < 1.29 is 0 Å². The van der Waals surface area contributed by atoms with Crippen LogP contribution in [0.2, 0.25) is 5.02 Å². The number of aromatic nitrogens is 2. The molecule has 13 heavy (non-hydrogen) atoms. The predicted molar refractivity (Wildman–Crippen MR) is 56.1 cm³/mol. The predicted octanol–water partition coefficient (Wildman–Crippen LogP) is 2.68. The van der Waals surface area contributed by atoms with E-state index in [-0.39, 0.29) is 0 Å². The monoisotopic (exact) mass is 213 g/mol. The quantitative estimate of drug-likeness (QED) is 0.765. The molecule has 0 unspecified atom stereocenters. The molecular weight excluding hydrogens is 206 g/mol. The highest BCUT2D eigenvalue weighted by molar-refractivity contribution is 7.14. The van der Waals surface area contributed by atoms with Gasteiger partial charge in [0, 0.05) is 6.07 Å². The number of nitrogens with zero attached hydrogens (tertiary/aromatic N) is 1. The van der Waals surface area contributed by atoms with E-state index in [1.807, 2.05) is 12.3 Å². The average Bonchev–Trinajstić information content (AvgIpc) is 2.62. The lowest BCUT2D eigenvalue weighted by Crippen LogP contribution is -1.81. The molecule has 0 bridgehead atoms. The van der Waals surface area contributed by atoms with Gasteiger partial charge in [-0.2, -0.15) is 5.10 Å². The zero-order valence-corrected chi connectivity index (χ0v) is 8.54. The van der Waals surface area contributed by atoms with Crippen molar-refractivity contribution in [3.8, 4) is 10.6 Å². The Kier molecular flexibility index (Phi) is 2.01. The van der Waals surface area contributed by atoms with Crippen LogP contribution in [0.1, 0.15) is 5.56 Å². The summed E-state index contributed by atoms with van der Waals surface area (Å²) in [5.41, 5.74) is 7.45. The van der Waals surface area contributed by atoms with Crippen LogP contribution in [-0.2, 0) is 0 Å². The van der Waals surface area contributed by atoms with Crippen molar-refractivity contribution in [2.45, 2.75) is 6.92 Å². The summed E-state index contributed by atoms with van der Waals surface area (Å²) < 4.78 is 0. The van der Waals surface area contributed by atoms with Crippen LogP contribution in [0.5, 0.6) is 0 Å². The van der Waals surface area contributed by atoms with Crippen molar-refractivity contribution in [1.29, 1.82) is 0 Å². The molecule has 3 N–H and O–H groups in total. The molecule has 0 spiro atoms. The number of halogens is 1. The van der Waals surface area contributed by atoms with Crippen LogP contribution in [0.15, 0.2) is 11.4 Å². The number of nitrogens with two attached hydrogens (primary N) is 1. The summed E-state index contributed by atoms with van der Waals surface area (Å²) in [5.74, 6) is 0.483. The van der Waals surface area contributed by atoms with Gasteiger partial charge in [0.1, 0.15) is 5.82 Å². The number of hydrogen-bond acceptors (Lipinski definition) is 3. The number of rotatable bonds is 1. The minimum absolute atomic E-state index is 0.483. The number of nitrogens with one attached hydrogen (secondary N) is 1. The number of hydrogen-bond donors (Lipinski definition) is 2. The van der Waals surface area contributed by atoms with E-state index in [0.29, 0.717) is 5.82 Å². The van der Waals surface area contributed by atoms with E-state index in [9.17, 15) is 0 Å². The van der Waals surface area contributed by atoms with Gasteiger partial charge < -0.3 is 5.73 Å². The fraction of sp³-hybridized carbons (Fsp3) is 0.125. The lowest BCUT2D eigenvalue weighted by molar-refractivity contribution is 1.11. The molecule has 0 saturated heterocycles. The summed E-state index contributed by atoms with van der Waals surface area (Å²) in [4.78, 5) is 0.989. The van der Waals surface area contributed by atoms with E-state index in [1.54, 1.807) is 17.4 Å². The van der Waals surface area contributed by atoms with Crippen molar-refractivity contribution in [1.82, 2.24) is 10.2 Å². The first-order valence-electron chi connectivity index (χ1n) is 3.73. The van der Waals surface area contributed by atoms with Crippen LogP contribution < -0.4 is 5.73 Å². The Morgan fingerprint density at radius 1 is 1.62 bits per heavy atom. The molecule has 2 rings (SSSR count). The van der Waals surface area contributed by atoms with Gasteiger partial charge in [0.15, 0.2) is 0 Å². The smallest absolute Gasteiger partial charge is 0.145 e. The summed E-state index contributed by atoms with van der Waals surface area (Å²) >= 11 is 7.66. The average molecular weight is 214 g/mol. The van der Waals surface area contributed by atoms with Crippen LogP contribution in [0, 0.1) is 6.92 Å². The molecule has 0 aliphatic rings. The molecule has 0 radical (unpaired) electrons. The van der Waals surface area contributed by atoms with Gasteiger partial charge in [-0.3, -0.25) is 5.10 Å². The summed E-state index contributed by atoms with van der Waals surface area (Å²) in [6.45, 7) is 1.97. The Morgan fingerprint density at radius 3 is 2.85 bits per heavy atom. The molecule has 0 aliphatic heterocycles. The summed E-state index contributed by atoms with van der Waals surface area (Å²) in [5, 5.41) is 9.45. The molecule has 2 heterocycles. The zero-order chi connectivity index (χ0) is 9.42.